The Hall–Kier alpha value is -2.24. The van der Waals surface area contributed by atoms with Gasteiger partial charge < -0.3 is 20.7 Å². The zero-order valence-corrected chi connectivity index (χ0v) is 10.7. The molecule has 1 aromatic carbocycles. The predicted molar refractivity (Wildman–Crippen MR) is 69.4 cm³/mol. The number of nitrogen functional groups attached to an aromatic ring is 1. The van der Waals surface area contributed by atoms with Gasteiger partial charge in [-0.25, -0.2) is 4.79 Å². The second-order valence-corrected chi connectivity index (χ2v) is 3.94. The first-order chi connectivity index (χ1) is 8.45. The van der Waals surface area contributed by atoms with Gasteiger partial charge >= 0.3 is 5.97 Å². The van der Waals surface area contributed by atoms with E-state index in [2.05, 4.69) is 10.1 Å². The van der Waals surface area contributed by atoms with Crippen molar-refractivity contribution in [2.45, 2.75) is 0 Å². The second-order valence-electron chi connectivity index (χ2n) is 3.94. The van der Waals surface area contributed by atoms with Crippen molar-refractivity contribution in [1.82, 2.24) is 4.90 Å². The Labute approximate surface area is 106 Å². The zero-order chi connectivity index (χ0) is 13.7. The summed E-state index contributed by atoms with van der Waals surface area (Å²) in [6, 6.07) is 4.74. The minimum atomic E-state index is -0.447. The maximum absolute atomic E-state index is 11.4. The fourth-order valence-corrected chi connectivity index (χ4v) is 1.30. The van der Waals surface area contributed by atoms with E-state index < -0.39 is 5.97 Å². The molecule has 0 spiro atoms. The number of esters is 1. The Balaban J connectivity index is 2.74. The first kappa shape index (κ1) is 13.8. The van der Waals surface area contributed by atoms with E-state index in [9.17, 15) is 9.59 Å². The number of hydrogen-bond donors (Lipinski definition) is 2. The van der Waals surface area contributed by atoms with Crippen LogP contribution in [0.5, 0.6) is 0 Å². The smallest absolute Gasteiger partial charge is 0.337 e. The van der Waals surface area contributed by atoms with Crippen molar-refractivity contribution in [1.29, 1.82) is 0 Å². The Bertz CT molecular complexity index is 458. The minimum Gasteiger partial charge on any atom is -0.465 e. The molecule has 98 valence electrons. The summed E-state index contributed by atoms with van der Waals surface area (Å²) in [6.07, 6.45) is 0. The molecule has 6 heteroatoms. The molecule has 0 aliphatic carbocycles. The Morgan fingerprint density at radius 3 is 2.56 bits per heavy atom. The fraction of sp³-hybridized carbons (Fsp3) is 0.333. The van der Waals surface area contributed by atoms with E-state index in [1.165, 1.54) is 18.1 Å². The summed E-state index contributed by atoms with van der Waals surface area (Å²) in [4.78, 5) is 24.1. The third-order valence-electron chi connectivity index (χ3n) is 2.40. The third kappa shape index (κ3) is 3.38. The molecule has 0 aromatic heterocycles. The van der Waals surface area contributed by atoms with Gasteiger partial charge in [-0.05, 0) is 18.2 Å². The quantitative estimate of drug-likeness (QED) is 0.603. The molecule has 0 saturated carbocycles. The molecular weight excluding hydrogens is 234 g/mol. The molecule has 18 heavy (non-hydrogen) atoms. The van der Waals surface area contributed by atoms with Gasteiger partial charge in [0.25, 0.3) is 0 Å². The number of amides is 1. The molecule has 0 aliphatic heterocycles. The van der Waals surface area contributed by atoms with Crippen LogP contribution in [0.1, 0.15) is 10.4 Å². The first-order valence-electron chi connectivity index (χ1n) is 5.37. The number of carbonyl (C=O) groups excluding carboxylic acids is 2. The van der Waals surface area contributed by atoms with Gasteiger partial charge in [-0.15, -0.1) is 0 Å². The molecule has 1 amide bonds. The molecular formula is C12H17N3O3. The summed E-state index contributed by atoms with van der Waals surface area (Å²) in [5.74, 6) is -0.510. The highest BCUT2D eigenvalue weighted by molar-refractivity contribution is 5.92. The van der Waals surface area contributed by atoms with Crippen LogP contribution in [0.2, 0.25) is 0 Å². The number of carbonyl (C=O) groups is 2. The number of likely N-dealkylation sites (N-methyl/N-ethyl adjacent to an activating group) is 1. The maximum Gasteiger partial charge on any atom is 0.337 e. The van der Waals surface area contributed by atoms with E-state index in [1.807, 2.05) is 0 Å². The van der Waals surface area contributed by atoms with E-state index in [0.29, 0.717) is 16.9 Å². The predicted octanol–water partition coefficient (Wildman–Crippen LogP) is 0.555. The standard InChI is InChI=1S/C12H17N3O3/c1-15(2)11(16)7-14-10-5-4-8(6-9(10)13)12(17)18-3/h4-6,14H,7,13H2,1-3H3. The first-order valence-corrected chi connectivity index (χ1v) is 5.37. The molecule has 0 bridgehead atoms. The summed E-state index contributed by atoms with van der Waals surface area (Å²) in [6.45, 7) is 0.148. The normalized spacial score (nSPS) is 9.72. The number of nitrogens with one attached hydrogen (secondary N) is 1. The largest absolute Gasteiger partial charge is 0.465 e. The zero-order valence-electron chi connectivity index (χ0n) is 10.7. The average Bonchev–Trinajstić information content (AvgIpc) is 2.35. The summed E-state index contributed by atoms with van der Waals surface area (Å²) >= 11 is 0. The van der Waals surface area contributed by atoms with Gasteiger partial charge in [0.15, 0.2) is 0 Å². The molecule has 0 heterocycles. The van der Waals surface area contributed by atoms with Crippen LogP contribution >= 0.6 is 0 Å². The molecule has 1 aromatic rings. The molecule has 0 saturated heterocycles. The summed E-state index contributed by atoms with van der Waals surface area (Å²) in [5, 5.41) is 2.91. The van der Waals surface area contributed by atoms with Crippen LogP contribution in [0.15, 0.2) is 18.2 Å². The van der Waals surface area contributed by atoms with Gasteiger partial charge in [0, 0.05) is 14.1 Å². The molecule has 1 rings (SSSR count). The number of nitrogens with zero attached hydrogens (tertiary/aromatic N) is 1. The number of nitrogens with two attached hydrogens (primary N) is 1. The van der Waals surface area contributed by atoms with Crippen molar-refractivity contribution in [2.24, 2.45) is 0 Å². The van der Waals surface area contributed by atoms with Crippen molar-refractivity contribution in [3.8, 4) is 0 Å². The molecule has 0 fully saturated rings. The van der Waals surface area contributed by atoms with E-state index in [1.54, 1.807) is 26.2 Å². The van der Waals surface area contributed by atoms with Crippen LogP contribution in [0.25, 0.3) is 0 Å². The lowest BCUT2D eigenvalue weighted by molar-refractivity contribution is -0.126. The molecule has 0 aliphatic rings. The van der Waals surface area contributed by atoms with Gasteiger partial charge in [0.05, 0.1) is 30.6 Å². The highest BCUT2D eigenvalue weighted by Crippen LogP contribution is 2.20. The molecule has 3 N–H and O–H groups in total. The van der Waals surface area contributed by atoms with Crippen LogP contribution in [-0.4, -0.2) is 44.5 Å². The number of ether oxygens (including phenoxy) is 1. The minimum absolute atomic E-state index is 0.0635. The van der Waals surface area contributed by atoms with Crippen molar-refractivity contribution in [2.75, 3.05) is 38.8 Å². The van der Waals surface area contributed by atoms with Gasteiger partial charge in [0.2, 0.25) is 5.91 Å². The number of methoxy groups -OCH3 is 1. The topological polar surface area (TPSA) is 84.7 Å². The van der Waals surface area contributed by atoms with Crippen LogP contribution in [0.4, 0.5) is 11.4 Å². The number of anilines is 2. The van der Waals surface area contributed by atoms with Gasteiger partial charge in [0.1, 0.15) is 0 Å². The second kappa shape index (κ2) is 5.90. The lowest BCUT2D eigenvalue weighted by Gasteiger charge is -2.13. The number of hydrogen-bond acceptors (Lipinski definition) is 5. The third-order valence-corrected chi connectivity index (χ3v) is 2.40. The van der Waals surface area contributed by atoms with Gasteiger partial charge in [-0.1, -0.05) is 0 Å². The molecule has 0 radical (unpaired) electrons. The molecule has 6 nitrogen and oxygen atoms in total. The summed E-state index contributed by atoms with van der Waals surface area (Å²) in [7, 11) is 4.65. The SMILES string of the molecule is COC(=O)c1ccc(NCC(=O)N(C)C)c(N)c1. The van der Waals surface area contributed by atoms with Crippen LogP contribution in [0, 0.1) is 0 Å². The van der Waals surface area contributed by atoms with Crippen molar-refractivity contribution >= 4 is 23.3 Å². The Morgan fingerprint density at radius 1 is 1.39 bits per heavy atom. The fourth-order valence-electron chi connectivity index (χ4n) is 1.30. The Kier molecular flexibility index (Phi) is 4.53. The lowest BCUT2D eigenvalue weighted by Crippen LogP contribution is -2.28. The van der Waals surface area contributed by atoms with E-state index in [4.69, 9.17) is 5.73 Å². The Morgan fingerprint density at radius 2 is 2.06 bits per heavy atom. The monoisotopic (exact) mass is 251 g/mol. The number of benzene rings is 1. The molecule has 0 atom stereocenters. The average molecular weight is 251 g/mol. The van der Waals surface area contributed by atoms with E-state index in [0.717, 1.165) is 0 Å². The van der Waals surface area contributed by atoms with Crippen molar-refractivity contribution in [3.63, 3.8) is 0 Å². The van der Waals surface area contributed by atoms with Gasteiger partial charge in [-0.3, -0.25) is 4.79 Å². The van der Waals surface area contributed by atoms with Crippen molar-refractivity contribution < 1.29 is 14.3 Å². The highest BCUT2D eigenvalue weighted by atomic mass is 16.5. The van der Waals surface area contributed by atoms with Crippen LogP contribution in [0.3, 0.4) is 0 Å². The maximum atomic E-state index is 11.4. The highest BCUT2D eigenvalue weighted by Gasteiger charge is 2.09. The van der Waals surface area contributed by atoms with Crippen LogP contribution in [-0.2, 0) is 9.53 Å². The number of rotatable bonds is 4. The van der Waals surface area contributed by atoms with Crippen LogP contribution < -0.4 is 11.1 Å². The summed E-state index contributed by atoms with van der Waals surface area (Å²) in [5.41, 5.74) is 7.16. The van der Waals surface area contributed by atoms with Crippen molar-refractivity contribution in [3.05, 3.63) is 23.8 Å². The molecule has 0 unspecified atom stereocenters. The summed E-state index contributed by atoms with van der Waals surface area (Å²) < 4.78 is 4.59. The lowest BCUT2D eigenvalue weighted by atomic mass is 10.1. The van der Waals surface area contributed by atoms with E-state index >= 15 is 0 Å². The van der Waals surface area contributed by atoms with E-state index in [-0.39, 0.29) is 12.5 Å². The van der Waals surface area contributed by atoms with Gasteiger partial charge in [-0.2, -0.15) is 0 Å².